The van der Waals surface area contributed by atoms with Gasteiger partial charge in [-0.2, -0.15) is 0 Å². The Morgan fingerprint density at radius 2 is 1.15 bits per heavy atom. The molecule has 0 amide bonds. The molecule has 0 aliphatic carbocycles. The summed E-state index contributed by atoms with van der Waals surface area (Å²) >= 11 is 0. The number of methoxy groups -OCH3 is 2. The highest BCUT2D eigenvalue weighted by Gasteiger charge is 2.28. The molecule has 1 rings (SSSR count). The average Bonchev–Trinajstić information content (AvgIpc) is 2.69. The van der Waals surface area contributed by atoms with Crippen molar-refractivity contribution in [3.8, 4) is 0 Å². The highest BCUT2D eigenvalue weighted by atomic mass is 16.7. The molecule has 0 aliphatic rings. The molecule has 0 spiro atoms. The van der Waals surface area contributed by atoms with Gasteiger partial charge in [0, 0.05) is 27.1 Å². The standard InChI is InChI=1S/C24H42O2/c1-4-5-6-7-8-10-16-21-24(25-2,26-3)22-17-11-9-13-18-23-19-14-12-15-20-23/h12,14-15,19-20H,4-11,13,16-18,21-22H2,1-3H3. The van der Waals surface area contributed by atoms with Crippen LogP contribution in [0.4, 0.5) is 0 Å². The van der Waals surface area contributed by atoms with Crippen molar-refractivity contribution in [1.82, 2.24) is 0 Å². The van der Waals surface area contributed by atoms with Crippen LogP contribution in [-0.2, 0) is 15.9 Å². The van der Waals surface area contributed by atoms with Gasteiger partial charge in [0.1, 0.15) is 0 Å². The minimum Gasteiger partial charge on any atom is -0.353 e. The van der Waals surface area contributed by atoms with E-state index in [-0.39, 0.29) is 5.79 Å². The lowest BCUT2D eigenvalue weighted by molar-refractivity contribution is -0.216. The quantitative estimate of drug-likeness (QED) is 0.214. The highest BCUT2D eigenvalue weighted by molar-refractivity contribution is 5.14. The molecule has 150 valence electrons. The van der Waals surface area contributed by atoms with E-state index >= 15 is 0 Å². The average molecular weight is 363 g/mol. The molecule has 0 bridgehead atoms. The van der Waals surface area contributed by atoms with Crippen LogP contribution in [0.5, 0.6) is 0 Å². The molecule has 26 heavy (non-hydrogen) atoms. The molecule has 0 saturated carbocycles. The normalized spacial score (nSPS) is 11.8. The summed E-state index contributed by atoms with van der Waals surface area (Å²) in [5.74, 6) is -0.358. The van der Waals surface area contributed by atoms with Gasteiger partial charge in [-0.1, -0.05) is 88.6 Å². The lowest BCUT2D eigenvalue weighted by atomic mass is 9.98. The summed E-state index contributed by atoms with van der Waals surface area (Å²) in [7, 11) is 3.61. The van der Waals surface area contributed by atoms with E-state index in [1.807, 2.05) is 0 Å². The number of benzene rings is 1. The van der Waals surface area contributed by atoms with E-state index in [0.29, 0.717) is 0 Å². The van der Waals surface area contributed by atoms with Crippen molar-refractivity contribution in [2.24, 2.45) is 0 Å². The van der Waals surface area contributed by atoms with Crippen molar-refractivity contribution < 1.29 is 9.47 Å². The van der Waals surface area contributed by atoms with Gasteiger partial charge >= 0.3 is 0 Å². The van der Waals surface area contributed by atoms with Crippen molar-refractivity contribution in [2.75, 3.05) is 14.2 Å². The molecule has 2 nitrogen and oxygen atoms in total. The zero-order valence-electron chi connectivity index (χ0n) is 17.6. The molecule has 0 radical (unpaired) electrons. The third-order valence-electron chi connectivity index (χ3n) is 5.52. The van der Waals surface area contributed by atoms with Crippen molar-refractivity contribution in [3.63, 3.8) is 0 Å². The summed E-state index contributed by atoms with van der Waals surface area (Å²) in [6, 6.07) is 10.8. The summed E-state index contributed by atoms with van der Waals surface area (Å²) in [6.45, 7) is 2.27. The van der Waals surface area contributed by atoms with E-state index in [2.05, 4.69) is 37.3 Å². The number of aryl methyl sites for hydroxylation is 1. The minimum atomic E-state index is -0.358. The Labute approximate surface area is 162 Å². The molecule has 1 aromatic rings. The maximum absolute atomic E-state index is 5.79. The molecule has 0 aliphatic heterocycles. The second kappa shape index (κ2) is 15.2. The van der Waals surface area contributed by atoms with Gasteiger partial charge in [-0.3, -0.25) is 0 Å². The predicted octanol–water partition coefficient (Wildman–Crippen LogP) is 7.31. The van der Waals surface area contributed by atoms with Crippen LogP contribution in [0.2, 0.25) is 0 Å². The number of hydrogen-bond donors (Lipinski definition) is 0. The lowest BCUT2D eigenvalue weighted by Crippen LogP contribution is -2.33. The predicted molar refractivity (Wildman–Crippen MR) is 113 cm³/mol. The molecule has 0 fully saturated rings. The number of hydrogen-bond acceptors (Lipinski definition) is 2. The molecule has 0 atom stereocenters. The second-order valence-electron chi connectivity index (χ2n) is 7.59. The van der Waals surface area contributed by atoms with Crippen molar-refractivity contribution >= 4 is 0 Å². The van der Waals surface area contributed by atoms with E-state index in [9.17, 15) is 0 Å². The zero-order valence-corrected chi connectivity index (χ0v) is 17.6. The molecule has 0 unspecified atom stereocenters. The van der Waals surface area contributed by atoms with E-state index in [4.69, 9.17) is 9.47 Å². The Hall–Kier alpha value is -0.860. The summed E-state index contributed by atoms with van der Waals surface area (Å²) < 4.78 is 11.6. The SMILES string of the molecule is CCCCCCCCCC(CCCCCCc1ccccc1)(OC)OC. The Morgan fingerprint density at radius 3 is 1.69 bits per heavy atom. The first-order chi connectivity index (χ1) is 12.8. The maximum Gasteiger partial charge on any atom is 0.167 e. The first-order valence-electron chi connectivity index (χ1n) is 10.9. The first-order valence-corrected chi connectivity index (χ1v) is 10.9. The Kier molecular flexibility index (Phi) is 13.6. The third kappa shape index (κ3) is 10.3. The van der Waals surface area contributed by atoms with Crippen LogP contribution in [0.3, 0.4) is 0 Å². The summed E-state index contributed by atoms with van der Waals surface area (Å²) in [5, 5.41) is 0. The molecule has 0 aromatic heterocycles. The van der Waals surface area contributed by atoms with Gasteiger partial charge in [-0.05, 0) is 31.2 Å². The van der Waals surface area contributed by atoms with Crippen LogP contribution in [-0.4, -0.2) is 20.0 Å². The monoisotopic (exact) mass is 362 g/mol. The van der Waals surface area contributed by atoms with Crippen LogP contribution in [0.25, 0.3) is 0 Å². The number of ether oxygens (including phenoxy) is 2. The van der Waals surface area contributed by atoms with Crippen LogP contribution in [0, 0.1) is 0 Å². The largest absolute Gasteiger partial charge is 0.353 e. The topological polar surface area (TPSA) is 18.5 Å². The molecular weight excluding hydrogens is 320 g/mol. The third-order valence-corrected chi connectivity index (χ3v) is 5.52. The Bertz CT molecular complexity index is 411. The summed E-state index contributed by atoms with van der Waals surface area (Å²) in [4.78, 5) is 0. The van der Waals surface area contributed by atoms with Crippen LogP contribution < -0.4 is 0 Å². The molecule has 0 saturated heterocycles. The van der Waals surface area contributed by atoms with Crippen molar-refractivity contribution in [2.45, 2.75) is 103 Å². The van der Waals surface area contributed by atoms with Crippen LogP contribution in [0.1, 0.15) is 96.0 Å². The van der Waals surface area contributed by atoms with E-state index in [1.54, 1.807) is 14.2 Å². The molecular formula is C24H42O2. The fourth-order valence-corrected chi connectivity index (χ4v) is 3.69. The van der Waals surface area contributed by atoms with E-state index in [0.717, 1.165) is 12.8 Å². The molecule has 1 aromatic carbocycles. The Balaban J connectivity index is 2.12. The highest BCUT2D eigenvalue weighted by Crippen LogP contribution is 2.27. The van der Waals surface area contributed by atoms with Gasteiger partial charge in [0.25, 0.3) is 0 Å². The maximum atomic E-state index is 5.79. The first kappa shape index (κ1) is 23.2. The van der Waals surface area contributed by atoms with Gasteiger partial charge in [0.2, 0.25) is 0 Å². The van der Waals surface area contributed by atoms with Gasteiger partial charge in [0.15, 0.2) is 5.79 Å². The number of rotatable bonds is 17. The fraction of sp³-hybridized carbons (Fsp3) is 0.750. The molecule has 2 heteroatoms. The smallest absolute Gasteiger partial charge is 0.167 e. The second-order valence-corrected chi connectivity index (χ2v) is 7.59. The minimum absolute atomic E-state index is 0.358. The zero-order chi connectivity index (χ0) is 18.9. The van der Waals surface area contributed by atoms with E-state index < -0.39 is 0 Å². The van der Waals surface area contributed by atoms with Crippen molar-refractivity contribution in [1.29, 1.82) is 0 Å². The number of unbranched alkanes of at least 4 members (excludes halogenated alkanes) is 9. The van der Waals surface area contributed by atoms with Gasteiger partial charge < -0.3 is 9.47 Å². The van der Waals surface area contributed by atoms with Crippen LogP contribution in [0.15, 0.2) is 30.3 Å². The lowest BCUT2D eigenvalue weighted by Gasteiger charge is -2.31. The molecule has 0 N–H and O–H groups in total. The van der Waals surface area contributed by atoms with Gasteiger partial charge in [0.05, 0.1) is 0 Å². The van der Waals surface area contributed by atoms with E-state index in [1.165, 1.54) is 82.6 Å². The van der Waals surface area contributed by atoms with Gasteiger partial charge in [-0.15, -0.1) is 0 Å². The van der Waals surface area contributed by atoms with Crippen molar-refractivity contribution in [3.05, 3.63) is 35.9 Å². The summed E-state index contributed by atoms with van der Waals surface area (Å²) in [5.41, 5.74) is 1.45. The molecule has 0 heterocycles. The van der Waals surface area contributed by atoms with Gasteiger partial charge in [-0.25, -0.2) is 0 Å². The summed E-state index contributed by atoms with van der Waals surface area (Å²) in [6.07, 6.45) is 17.6. The fourth-order valence-electron chi connectivity index (χ4n) is 3.69. The van der Waals surface area contributed by atoms with Crippen LogP contribution >= 0.6 is 0 Å². The Morgan fingerprint density at radius 1 is 0.654 bits per heavy atom.